The van der Waals surface area contributed by atoms with Gasteiger partial charge in [0.05, 0.1) is 11.6 Å². The van der Waals surface area contributed by atoms with Crippen LogP contribution in [-0.4, -0.2) is 42.5 Å². The molecule has 3 rings (SSSR count). The number of piperidine rings is 1. The van der Waals surface area contributed by atoms with E-state index in [-0.39, 0.29) is 23.8 Å². The summed E-state index contributed by atoms with van der Waals surface area (Å²) in [6.45, 7) is 1.92. The summed E-state index contributed by atoms with van der Waals surface area (Å²) in [5.41, 5.74) is 0. The van der Waals surface area contributed by atoms with Crippen molar-refractivity contribution >= 4 is 23.4 Å². The Hall–Kier alpha value is -1.75. The predicted octanol–water partition coefficient (Wildman–Crippen LogP) is 3.02. The highest BCUT2D eigenvalue weighted by atomic mass is 35.5. The van der Waals surface area contributed by atoms with Crippen LogP contribution in [0.15, 0.2) is 24.3 Å². The van der Waals surface area contributed by atoms with Gasteiger partial charge >= 0.3 is 0 Å². The topological polar surface area (TPSA) is 58.6 Å². The van der Waals surface area contributed by atoms with Crippen molar-refractivity contribution in [2.75, 3.05) is 19.7 Å². The van der Waals surface area contributed by atoms with E-state index in [4.69, 9.17) is 16.3 Å². The molecule has 1 heterocycles. The molecule has 6 heteroatoms. The Balaban J connectivity index is 1.31. The van der Waals surface area contributed by atoms with Crippen molar-refractivity contribution in [2.24, 2.45) is 5.92 Å². The minimum absolute atomic E-state index is 0.162. The summed E-state index contributed by atoms with van der Waals surface area (Å²) in [5.74, 6) is 1.26. The molecule has 1 saturated carbocycles. The van der Waals surface area contributed by atoms with E-state index in [2.05, 4.69) is 5.32 Å². The summed E-state index contributed by atoms with van der Waals surface area (Å²) in [6.07, 6.45) is 4.89. The number of amides is 2. The van der Waals surface area contributed by atoms with Gasteiger partial charge in [0.1, 0.15) is 5.75 Å². The second-order valence-corrected chi connectivity index (χ2v) is 7.23. The highest BCUT2D eigenvalue weighted by Crippen LogP contribution is 2.29. The zero-order valence-corrected chi connectivity index (χ0v) is 15.1. The fourth-order valence-corrected chi connectivity index (χ4v) is 3.25. The number of carbonyl (C=O) groups is 2. The average molecular weight is 365 g/mol. The van der Waals surface area contributed by atoms with Gasteiger partial charge in [-0.3, -0.25) is 9.59 Å². The van der Waals surface area contributed by atoms with Crippen molar-refractivity contribution in [1.82, 2.24) is 10.2 Å². The van der Waals surface area contributed by atoms with Crippen LogP contribution in [0.4, 0.5) is 0 Å². The first-order chi connectivity index (χ1) is 12.1. The van der Waals surface area contributed by atoms with Gasteiger partial charge in [0, 0.05) is 31.5 Å². The van der Waals surface area contributed by atoms with Gasteiger partial charge in [0.15, 0.2) is 0 Å². The molecular weight excluding hydrogens is 340 g/mol. The van der Waals surface area contributed by atoms with Gasteiger partial charge in [-0.1, -0.05) is 23.7 Å². The summed E-state index contributed by atoms with van der Waals surface area (Å²) < 4.78 is 5.61. The molecule has 1 aromatic rings. The Kier molecular flexibility index (Phi) is 6.19. The number of carbonyl (C=O) groups excluding carboxylic acids is 2. The molecule has 2 aliphatic rings. The number of benzene rings is 1. The SMILES string of the molecule is O=C(NC1CCN(C(=O)CCCOc2ccccc2Cl)CC1)C1CC1. The molecule has 0 radical (unpaired) electrons. The van der Waals surface area contributed by atoms with Crippen LogP contribution in [0.5, 0.6) is 5.75 Å². The Morgan fingerprint density at radius 1 is 1.16 bits per heavy atom. The number of nitrogens with one attached hydrogen (secondary N) is 1. The van der Waals surface area contributed by atoms with Crippen molar-refractivity contribution in [2.45, 2.75) is 44.6 Å². The largest absolute Gasteiger partial charge is 0.492 e. The number of hydrogen-bond acceptors (Lipinski definition) is 3. The lowest BCUT2D eigenvalue weighted by Gasteiger charge is -2.32. The van der Waals surface area contributed by atoms with Crippen LogP contribution >= 0.6 is 11.6 Å². The quantitative estimate of drug-likeness (QED) is 0.756. The number of rotatable bonds is 7. The van der Waals surface area contributed by atoms with Gasteiger partial charge in [-0.05, 0) is 44.2 Å². The van der Waals surface area contributed by atoms with Crippen LogP contribution in [-0.2, 0) is 9.59 Å². The Bertz CT molecular complexity index is 610. The van der Waals surface area contributed by atoms with Crippen molar-refractivity contribution in [3.05, 3.63) is 29.3 Å². The van der Waals surface area contributed by atoms with E-state index < -0.39 is 0 Å². The smallest absolute Gasteiger partial charge is 0.223 e. The van der Waals surface area contributed by atoms with E-state index in [1.807, 2.05) is 23.1 Å². The average Bonchev–Trinajstić information content (AvgIpc) is 3.46. The molecule has 0 aromatic heterocycles. The summed E-state index contributed by atoms with van der Waals surface area (Å²) in [5, 5.41) is 3.69. The molecule has 1 aliphatic carbocycles. The lowest BCUT2D eigenvalue weighted by molar-refractivity contribution is -0.132. The summed E-state index contributed by atoms with van der Waals surface area (Å²) in [4.78, 5) is 26.0. The highest BCUT2D eigenvalue weighted by molar-refractivity contribution is 6.32. The second kappa shape index (κ2) is 8.56. The molecule has 0 spiro atoms. The number of nitrogens with zero attached hydrogens (tertiary/aromatic N) is 1. The van der Waals surface area contributed by atoms with Gasteiger partial charge in [0.2, 0.25) is 11.8 Å². The van der Waals surface area contributed by atoms with Crippen molar-refractivity contribution < 1.29 is 14.3 Å². The maximum atomic E-state index is 12.3. The molecule has 1 N–H and O–H groups in total. The lowest BCUT2D eigenvalue weighted by atomic mass is 10.0. The fourth-order valence-electron chi connectivity index (χ4n) is 3.06. The third-order valence-electron chi connectivity index (χ3n) is 4.77. The molecule has 25 heavy (non-hydrogen) atoms. The number of ether oxygens (including phenoxy) is 1. The molecule has 1 aromatic carbocycles. The summed E-state index contributed by atoms with van der Waals surface area (Å²) >= 11 is 6.03. The first-order valence-electron chi connectivity index (χ1n) is 9.09. The fraction of sp³-hybridized carbons (Fsp3) is 0.579. The zero-order chi connectivity index (χ0) is 17.6. The van der Waals surface area contributed by atoms with Gasteiger partial charge in [0.25, 0.3) is 0 Å². The van der Waals surface area contributed by atoms with Crippen molar-refractivity contribution in [1.29, 1.82) is 0 Å². The van der Waals surface area contributed by atoms with Crippen LogP contribution < -0.4 is 10.1 Å². The van der Waals surface area contributed by atoms with Crippen LogP contribution in [0.25, 0.3) is 0 Å². The van der Waals surface area contributed by atoms with E-state index in [1.54, 1.807) is 6.07 Å². The minimum atomic E-state index is 0.162. The first-order valence-corrected chi connectivity index (χ1v) is 9.47. The van der Waals surface area contributed by atoms with Crippen molar-refractivity contribution in [3.63, 3.8) is 0 Å². The molecule has 0 bridgehead atoms. The second-order valence-electron chi connectivity index (χ2n) is 6.82. The number of halogens is 1. The normalized spacial score (nSPS) is 18.0. The van der Waals surface area contributed by atoms with Gasteiger partial charge in [-0.15, -0.1) is 0 Å². The van der Waals surface area contributed by atoms with Gasteiger partial charge in [-0.2, -0.15) is 0 Å². The standard InChI is InChI=1S/C19H25ClN2O3/c20-16-4-1-2-5-17(16)25-13-3-6-18(23)22-11-9-15(10-12-22)21-19(24)14-7-8-14/h1-2,4-5,14-15H,3,6-13H2,(H,21,24). The molecular formula is C19H25ClN2O3. The van der Waals surface area contributed by atoms with Gasteiger partial charge in [-0.25, -0.2) is 0 Å². The van der Waals surface area contributed by atoms with E-state index >= 15 is 0 Å². The minimum Gasteiger partial charge on any atom is -0.492 e. The van der Waals surface area contributed by atoms with Crippen LogP contribution in [0.3, 0.4) is 0 Å². The molecule has 1 aliphatic heterocycles. The Labute approximate surface area is 153 Å². The lowest BCUT2D eigenvalue weighted by Crippen LogP contribution is -2.46. The number of likely N-dealkylation sites (tertiary alicyclic amines) is 1. The number of hydrogen-bond donors (Lipinski definition) is 1. The monoisotopic (exact) mass is 364 g/mol. The molecule has 5 nitrogen and oxygen atoms in total. The number of para-hydroxylation sites is 1. The van der Waals surface area contributed by atoms with Crippen molar-refractivity contribution in [3.8, 4) is 5.75 Å². The molecule has 2 fully saturated rings. The summed E-state index contributed by atoms with van der Waals surface area (Å²) in [6, 6.07) is 7.56. The highest BCUT2D eigenvalue weighted by Gasteiger charge is 2.32. The summed E-state index contributed by atoms with van der Waals surface area (Å²) in [7, 11) is 0. The Morgan fingerprint density at radius 3 is 2.56 bits per heavy atom. The van der Waals surface area contributed by atoms with Gasteiger partial charge < -0.3 is 15.0 Å². The maximum absolute atomic E-state index is 12.3. The first kappa shape index (κ1) is 18.1. The third kappa shape index (κ3) is 5.36. The van der Waals surface area contributed by atoms with E-state index in [9.17, 15) is 9.59 Å². The van der Waals surface area contributed by atoms with E-state index in [0.29, 0.717) is 30.2 Å². The zero-order valence-electron chi connectivity index (χ0n) is 14.4. The molecule has 0 atom stereocenters. The third-order valence-corrected chi connectivity index (χ3v) is 5.08. The predicted molar refractivity (Wildman–Crippen MR) is 96.6 cm³/mol. The molecule has 1 saturated heterocycles. The molecule has 136 valence electrons. The van der Waals surface area contributed by atoms with E-state index in [1.165, 1.54) is 0 Å². The van der Waals surface area contributed by atoms with E-state index in [0.717, 1.165) is 38.8 Å². The molecule has 2 amide bonds. The Morgan fingerprint density at radius 2 is 1.88 bits per heavy atom. The van der Waals surface area contributed by atoms with Crippen LogP contribution in [0, 0.1) is 5.92 Å². The maximum Gasteiger partial charge on any atom is 0.223 e. The van der Waals surface area contributed by atoms with Crippen LogP contribution in [0.1, 0.15) is 38.5 Å². The van der Waals surface area contributed by atoms with Crippen LogP contribution in [0.2, 0.25) is 5.02 Å². The molecule has 0 unspecified atom stereocenters.